The maximum Gasteiger partial charge on any atom is 0.227 e. The summed E-state index contributed by atoms with van der Waals surface area (Å²) in [7, 11) is 1.84. The highest BCUT2D eigenvalue weighted by atomic mass is 35.5. The third-order valence-electron chi connectivity index (χ3n) is 4.97. The molecule has 8 heteroatoms. The van der Waals surface area contributed by atoms with E-state index in [1.165, 1.54) is 25.9 Å². The number of terminal acetylenes is 1. The molecule has 0 spiro atoms. The zero-order chi connectivity index (χ0) is 22.5. The number of aryl methyl sites for hydroxylation is 1. The molecule has 5 rings (SSSR count). The number of phenols is 1. The van der Waals surface area contributed by atoms with Gasteiger partial charge in [-0.2, -0.15) is 5.10 Å². The number of aromatic hydroxyl groups is 1. The summed E-state index contributed by atoms with van der Waals surface area (Å²) in [6.07, 6.45) is 13.5. The Kier molecular flexibility index (Phi) is 6.55. The first-order chi connectivity index (χ1) is 15.5. The van der Waals surface area contributed by atoms with Crippen molar-refractivity contribution in [2.75, 3.05) is 18.4 Å². The molecule has 0 atom stereocenters. The second-order valence-corrected chi connectivity index (χ2v) is 7.89. The van der Waals surface area contributed by atoms with Crippen LogP contribution in [0.4, 0.5) is 11.6 Å². The first-order valence-corrected chi connectivity index (χ1v) is 10.6. The van der Waals surface area contributed by atoms with Gasteiger partial charge in [0.1, 0.15) is 5.75 Å². The molecule has 4 aromatic rings. The van der Waals surface area contributed by atoms with Crippen LogP contribution < -0.4 is 10.6 Å². The third-order valence-corrected chi connectivity index (χ3v) is 5.26. The molecule has 0 unspecified atom stereocenters. The normalized spacial score (nSPS) is 12.8. The molecule has 162 valence electrons. The number of nitrogens with zero attached hydrogens (tertiary/aromatic N) is 4. The Balaban J connectivity index is 0.000000433. The summed E-state index contributed by atoms with van der Waals surface area (Å²) in [5.41, 5.74) is 3.63. The fourth-order valence-electron chi connectivity index (χ4n) is 3.42. The van der Waals surface area contributed by atoms with Crippen LogP contribution in [-0.4, -0.2) is 37.9 Å². The van der Waals surface area contributed by atoms with Crippen LogP contribution in [0, 0.1) is 12.3 Å². The highest BCUT2D eigenvalue weighted by Crippen LogP contribution is 2.30. The zero-order valence-corrected chi connectivity index (χ0v) is 18.4. The van der Waals surface area contributed by atoms with Crippen molar-refractivity contribution in [3.63, 3.8) is 0 Å². The van der Waals surface area contributed by atoms with E-state index in [-0.39, 0.29) is 5.75 Å². The van der Waals surface area contributed by atoms with Crippen LogP contribution in [0.5, 0.6) is 5.75 Å². The summed E-state index contributed by atoms with van der Waals surface area (Å²) in [6.45, 7) is 2.50. The van der Waals surface area contributed by atoms with E-state index in [0.717, 1.165) is 16.5 Å². The molecule has 32 heavy (non-hydrogen) atoms. The van der Waals surface area contributed by atoms with E-state index in [0.29, 0.717) is 27.7 Å². The van der Waals surface area contributed by atoms with Crippen LogP contribution in [-0.2, 0) is 7.05 Å². The molecule has 0 radical (unpaired) electrons. The van der Waals surface area contributed by atoms with E-state index >= 15 is 0 Å². The molecule has 1 aliphatic rings. The van der Waals surface area contributed by atoms with Gasteiger partial charge in [-0.1, -0.05) is 17.5 Å². The number of rotatable bonds is 3. The minimum absolute atomic E-state index is 0.122. The minimum Gasteiger partial charge on any atom is -0.508 e. The average molecular weight is 447 g/mol. The van der Waals surface area contributed by atoms with Crippen molar-refractivity contribution in [1.29, 1.82) is 0 Å². The predicted molar refractivity (Wildman–Crippen MR) is 128 cm³/mol. The lowest BCUT2D eigenvalue weighted by molar-refractivity contribution is 0.476. The van der Waals surface area contributed by atoms with E-state index in [2.05, 4.69) is 31.6 Å². The smallest absolute Gasteiger partial charge is 0.227 e. The van der Waals surface area contributed by atoms with Crippen molar-refractivity contribution in [3.05, 3.63) is 59.5 Å². The molecule has 7 nitrogen and oxygen atoms in total. The van der Waals surface area contributed by atoms with Gasteiger partial charge in [-0.15, -0.1) is 6.42 Å². The van der Waals surface area contributed by atoms with Gasteiger partial charge in [-0.3, -0.25) is 4.68 Å². The molecule has 1 saturated heterocycles. The maximum atomic E-state index is 10.1. The first-order valence-electron chi connectivity index (χ1n) is 10.3. The average Bonchev–Trinajstić information content (AvgIpc) is 3.49. The van der Waals surface area contributed by atoms with Crippen LogP contribution in [0.15, 0.2) is 48.9 Å². The standard InChI is InChI=1S/C20H14ClN5O.C4H9N/c1-3-12-4-14-9-22-20(25-19(14)18(21)5-12)24-16-6-13(7-17(27)8-16)15-10-23-26(2)11-15;1-2-4-5-3-1/h1,4-11,27H,2H3,(H,22,24,25);5H,1-4H2. The lowest BCUT2D eigenvalue weighted by Gasteiger charge is -2.09. The zero-order valence-electron chi connectivity index (χ0n) is 17.6. The highest BCUT2D eigenvalue weighted by Gasteiger charge is 2.09. The molecule has 0 aliphatic carbocycles. The largest absolute Gasteiger partial charge is 0.508 e. The molecule has 0 saturated carbocycles. The molecular formula is C24H23ClN6O. The van der Waals surface area contributed by atoms with E-state index < -0.39 is 0 Å². The summed E-state index contributed by atoms with van der Waals surface area (Å²) in [4.78, 5) is 8.77. The van der Waals surface area contributed by atoms with E-state index in [1.807, 2.05) is 19.3 Å². The van der Waals surface area contributed by atoms with Gasteiger partial charge in [0.15, 0.2) is 0 Å². The summed E-state index contributed by atoms with van der Waals surface area (Å²) < 4.78 is 1.70. The number of benzene rings is 2. The monoisotopic (exact) mass is 446 g/mol. The molecule has 0 bridgehead atoms. The Morgan fingerprint density at radius 3 is 2.59 bits per heavy atom. The topological polar surface area (TPSA) is 87.9 Å². The molecule has 2 aromatic heterocycles. The Bertz CT molecular complexity index is 1280. The van der Waals surface area contributed by atoms with Gasteiger partial charge >= 0.3 is 0 Å². The third kappa shape index (κ3) is 5.17. The van der Waals surface area contributed by atoms with Crippen LogP contribution in [0.25, 0.3) is 22.0 Å². The lowest BCUT2D eigenvalue weighted by Crippen LogP contribution is -2.03. The van der Waals surface area contributed by atoms with Gasteiger partial charge in [0, 0.05) is 47.7 Å². The summed E-state index contributed by atoms with van der Waals surface area (Å²) in [5, 5.41) is 21.8. The Labute approximate surface area is 191 Å². The molecule has 3 N–H and O–H groups in total. The second-order valence-electron chi connectivity index (χ2n) is 7.49. The first kappa shape index (κ1) is 21.6. The number of aromatic nitrogens is 4. The molecule has 3 heterocycles. The maximum absolute atomic E-state index is 10.1. The Hall–Kier alpha value is -3.60. The van der Waals surface area contributed by atoms with Crippen molar-refractivity contribution in [1.82, 2.24) is 25.1 Å². The second kappa shape index (κ2) is 9.69. The summed E-state index contributed by atoms with van der Waals surface area (Å²) >= 11 is 6.29. The van der Waals surface area contributed by atoms with Crippen LogP contribution in [0.1, 0.15) is 18.4 Å². The number of phenolic OH excluding ortho intramolecular Hbond substituents is 1. The lowest BCUT2D eigenvalue weighted by atomic mass is 10.1. The molecular weight excluding hydrogens is 424 g/mol. The Morgan fingerprint density at radius 1 is 1.12 bits per heavy atom. The van der Waals surface area contributed by atoms with Gasteiger partial charge in [-0.05, 0) is 55.8 Å². The summed E-state index contributed by atoms with van der Waals surface area (Å²) in [5.74, 6) is 3.04. The van der Waals surface area contributed by atoms with Crippen LogP contribution >= 0.6 is 11.6 Å². The van der Waals surface area contributed by atoms with Gasteiger partial charge < -0.3 is 15.7 Å². The molecule has 0 amide bonds. The minimum atomic E-state index is 0.122. The molecule has 1 aliphatic heterocycles. The van der Waals surface area contributed by atoms with Crippen molar-refractivity contribution < 1.29 is 5.11 Å². The highest BCUT2D eigenvalue weighted by molar-refractivity contribution is 6.35. The number of halogens is 1. The van der Waals surface area contributed by atoms with E-state index in [4.69, 9.17) is 18.0 Å². The van der Waals surface area contributed by atoms with Gasteiger partial charge in [0.25, 0.3) is 0 Å². The van der Waals surface area contributed by atoms with Crippen molar-refractivity contribution in [2.24, 2.45) is 7.05 Å². The number of fused-ring (bicyclic) bond motifs is 1. The molecule has 2 aromatic carbocycles. The SMILES string of the molecule is C#Cc1cc(Cl)c2nc(Nc3cc(O)cc(-c4cnn(C)c4)c3)ncc2c1.C1CCNC1. The number of nitrogens with one attached hydrogen (secondary N) is 2. The number of hydrogen-bond acceptors (Lipinski definition) is 6. The molecule has 1 fully saturated rings. The van der Waals surface area contributed by atoms with Gasteiger partial charge in [0.05, 0.1) is 16.7 Å². The fourth-order valence-corrected chi connectivity index (χ4v) is 3.69. The fraction of sp³-hybridized carbons (Fsp3) is 0.208. The number of anilines is 2. The van der Waals surface area contributed by atoms with Crippen molar-refractivity contribution in [2.45, 2.75) is 12.8 Å². The quantitative estimate of drug-likeness (QED) is 0.402. The number of hydrogen-bond donors (Lipinski definition) is 3. The van der Waals surface area contributed by atoms with Crippen molar-refractivity contribution in [3.8, 4) is 29.2 Å². The van der Waals surface area contributed by atoms with Crippen molar-refractivity contribution >= 4 is 34.1 Å². The Morgan fingerprint density at radius 2 is 1.94 bits per heavy atom. The van der Waals surface area contributed by atoms with E-state index in [1.54, 1.807) is 41.3 Å². The van der Waals surface area contributed by atoms with Gasteiger partial charge in [-0.25, -0.2) is 9.97 Å². The predicted octanol–water partition coefficient (Wildman–Crippen LogP) is 4.48. The van der Waals surface area contributed by atoms with E-state index in [9.17, 15) is 5.11 Å². The van der Waals surface area contributed by atoms with Crippen LogP contribution in [0.3, 0.4) is 0 Å². The summed E-state index contributed by atoms with van der Waals surface area (Å²) in [6, 6.07) is 8.64. The van der Waals surface area contributed by atoms with Crippen LogP contribution in [0.2, 0.25) is 5.02 Å². The van der Waals surface area contributed by atoms with Gasteiger partial charge in [0.2, 0.25) is 5.95 Å².